The second kappa shape index (κ2) is 7.03. The summed E-state index contributed by atoms with van der Waals surface area (Å²) in [5.41, 5.74) is 1.32. The van der Waals surface area contributed by atoms with Crippen LogP contribution in [0.4, 0.5) is 5.95 Å². The van der Waals surface area contributed by atoms with E-state index in [1.807, 2.05) is 34.9 Å². The molecule has 0 saturated carbocycles. The molecule has 1 saturated heterocycles. The summed E-state index contributed by atoms with van der Waals surface area (Å²) in [6, 6.07) is 10.0. The SMILES string of the molecule is Cn1c(=O)c2c(nc(N3CCCNCC3)n2Cc2ccccc2)n(C)c1=O. The van der Waals surface area contributed by atoms with Crippen LogP contribution in [0.1, 0.15) is 12.0 Å². The molecule has 1 aliphatic rings. The van der Waals surface area contributed by atoms with Crippen LogP contribution in [0, 0.1) is 0 Å². The van der Waals surface area contributed by atoms with Gasteiger partial charge in [0.15, 0.2) is 11.2 Å². The van der Waals surface area contributed by atoms with Crippen molar-refractivity contribution in [1.29, 1.82) is 0 Å². The topological polar surface area (TPSA) is 77.1 Å². The maximum absolute atomic E-state index is 12.9. The lowest BCUT2D eigenvalue weighted by molar-refractivity contribution is 0.699. The van der Waals surface area contributed by atoms with Crippen LogP contribution in [0.3, 0.4) is 0 Å². The number of benzene rings is 1. The minimum atomic E-state index is -0.360. The van der Waals surface area contributed by atoms with Gasteiger partial charge in [-0.2, -0.15) is 4.98 Å². The molecule has 0 unspecified atom stereocenters. The van der Waals surface area contributed by atoms with Gasteiger partial charge >= 0.3 is 5.69 Å². The van der Waals surface area contributed by atoms with Gasteiger partial charge in [0.1, 0.15) is 0 Å². The molecule has 1 aromatic carbocycles. The van der Waals surface area contributed by atoms with E-state index in [1.54, 1.807) is 7.05 Å². The lowest BCUT2D eigenvalue weighted by Crippen LogP contribution is -2.37. The maximum atomic E-state index is 12.9. The van der Waals surface area contributed by atoms with Crippen molar-refractivity contribution in [2.24, 2.45) is 14.1 Å². The molecular formula is C19H24N6O2. The van der Waals surface area contributed by atoms with Gasteiger partial charge in [-0.25, -0.2) is 4.79 Å². The zero-order chi connectivity index (χ0) is 19.0. The molecule has 0 radical (unpaired) electrons. The van der Waals surface area contributed by atoms with Crippen LogP contribution in [0.2, 0.25) is 0 Å². The third kappa shape index (κ3) is 3.06. The van der Waals surface area contributed by atoms with Crippen molar-refractivity contribution in [1.82, 2.24) is 24.0 Å². The molecule has 0 bridgehead atoms. The molecule has 3 heterocycles. The largest absolute Gasteiger partial charge is 0.341 e. The Morgan fingerprint density at radius 3 is 2.59 bits per heavy atom. The van der Waals surface area contributed by atoms with Crippen LogP contribution in [0.5, 0.6) is 0 Å². The smallest absolute Gasteiger partial charge is 0.332 e. The fraction of sp³-hybridized carbons (Fsp3) is 0.421. The first-order valence-electron chi connectivity index (χ1n) is 9.24. The Kier molecular flexibility index (Phi) is 4.57. The fourth-order valence-electron chi connectivity index (χ4n) is 3.64. The molecule has 142 valence electrons. The Hall–Kier alpha value is -2.87. The third-order valence-electron chi connectivity index (χ3n) is 5.13. The average Bonchev–Trinajstić information content (AvgIpc) is 2.86. The van der Waals surface area contributed by atoms with E-state index in [4.69, 9.17) is 4.98 Å². The second-order valence-corrected chi connectivity index (χ2v) is 6.95. The summed E-state index contributed by atoms with van der Waals surface area (Å²) in [4.78, 5) is 32.2. The highest BCUT2D eigenvalue weighted by Gasteiger charge is 2.23. The molecule has 8 heteroatoms. The van der Waals surface area contributed by atoms with Crippen molar-refractivity contribution in [3.63, 3.8) is 0 Å². The highest BCUT2D eigenvalue weighted by Crippen LogP contribution is 2.22. The summed E-state index contributed by atoms with van der Waals surface area (Å²) in [7, 11) is 3.18. The molecule has 1 fully saturated rings. The van der Waals surface area contributed by atoms with Gasteiger partial charge in [-0.05, 0) is 18.5 Å². The number of aryl methyl sites for hydroxylation is 1. The Morgan fingerprint density at radius 1 is 1.04 bits per heavy atom. The van der Waals surface area contributed by atoms with Crippen LogP contribution >= 0.6 is 0 Å². The number of nitrogens with one attached hydrogen (secondary N) is 1. The van der Waals surface area contributed by atoms with Gasteiger partial charge in [0.05, 0.1) is 6.54 Å². The van der Waals surface area contributed by atoms with Gasteiger partial charge in [0.25, 0.3) is 5.56 Å². The summed E-state index contributed by atoms with van der Waals surface area (Å²) in [6.07, 6.45) is 1.01. The first kappa shape index (κ1) is 17.5. The molecule has 0 amide bonds. The summed E-state index contributed by atoms with van der Waals surface area (Å²) in [5.74, 6) is 0.746. The summed E-state index contributed by atoms with van der Waals surface area (Å²) in [5, 5.41) is 3.39. The normalized spacial score (nSPS) is 15.3. The number of fused-ring (bicyclic) bond motifs is 1. The van der Waals surface area contributed by atoms with Gasteiger partial charge in [0, 0.05) is 33.7 Å². The number of nitrogens with zero attached hydrogens (tertiary/aromatic N) is 5. The number of anilines is 1. The van der Waals surface area contributed by atoms with Gasteiger partial charge in [-0.3, -0.25) is 18.5 Å². The fourth-order valence-corrected chi connectivity index (χ4v) is 3.64. The minimum Gasteiger partial charge on any atom is -0.341 e. The Balaban J connectivity index is 1.96. The summed E-state index contributed by atoms with van der Waals surface area (Å²) < 4.78 is 4.56. The molecule has 1 N–H and O–H groups in total. The quantitative estimate of drug-likeness (QED) is 0.719. The number of hydrogen-bond acceptors (Lipinski definition) is 5. The second-order valence-electron chi connectivity index (χ2n) is 6.95. The molecule has 1 aliphatic heterocycles. The summed E-state index contributed by atoms with van der Waals surface area (Å²) >= 11 is 0. The number of imidazole rings is 1. The Labute approximate surface area is 156 Å². The standard InChI is InChI=1S/C19H24N6O2/c1-22-16-15(17(26)23(2)19(22)27)25(13-14-7-4-3-5-8-14)18(21-16)24-11-6-9-20-10-12-24/h3-5,7-8,20H,6,9-13H2,1-2H3. The van der Waals surface area contributed by atoms with E-state index in [0.717, 1.165) is 48.7 Å². The summed E-state index contributed by atoms with van der Waals surface area (Å²) in [6.45, 7) is 4.04. The lowest BCUT2D eigenvalue weighted by Gasteiger charge is -2.22. The molecule has 4 rings (SSSR count). The van der Waals surface area contributed by atoms with Crippen molar-refractivity contribution < 1.29 is 0 Å². The van der Waals surface area contributed by atoms with E-state index < -0.39 is 0 Å². The van der Waals surface area contributed by atoms with E-state index in [-0.39, 0.29) is 11.2 Å². The van der Waals surface area contributed by atoms with Crippen molar-refractivity contribution in [2.75, 3.05) is 31.1 Å². The van der Waals surface area contributed by atoms with E-state index in [0.29, 0.717) is 17.7 Å². The van der Waals surface area contributed by atoms with Gasteiger partial charge in [-0.15, -0.1) is 0 Å². The number of hydrogen-bond donors (Lipinski definition) is 1. The number of rotatable bonds is 3. The predicted molar refractivity (Wildman–Crippen MR) is 105 cm³/mol. The van der Waals surface area contributed by atoms with Crippen molar-refractivity contribution >= 4 is 17.1 Å². The van der Waals surface area contributed by atoms with Crippen LogP contribution < -0.4 is 21.5 Å². The number of aromatic nitrogens is 4. The van der Waals surface area contributed by atoms with Crippen molar-refractivity contribution in [2.45, 2.75) is 13.0 Å². The first-order chi connectivity index (χ1) is 13.1. The molecule has 0 aliphatic carbocycles. The highest BCUT2D eigenvalue weighted by molar-refractivity contribution is 5.74. The van der Waals surface area contributed by atoms with Gasteiger partial charge in [0.2, 0.25) is 5.95 Å². The molecule has 3 aromatic rings. The molecule has 27 heavy (non-hydrogen) atoms. The molecule has 8 nitrogen and oxygen atoms in total. The van der Waals surface area contributed by atoms with E-state index in [9.17, 15) is 9.59 Å². The molecule has 0 spiro atoms. The third-order valence-corrected chi connectivity index (χ3v) is 5.13. The van der Waals surface area contributed by atoms with Crippen molar-refractivity contribution in [3.05, 3.63) is 56.7 Å². The molecule has 2 aromatic heterocycles. The van der Waals surface area contributed by atoms with Crippen LogP contribution in [-0.2, 0) is 20.6 Å². The first-order valence-corrected chi connectivity index (χ1v) is 9.24. The van der Waals surface area contributed by atoms with E-state index in [2.05, 4.69) is 10.2 Å². The maximum Gasteiger partial charge on any atom is 0.332 e. The zero-order valence-electron chi connectivity index (χ0n) is 15.7. The molecular weight excluding hydrogens is 344 g/mol. The van der Waals surface area contributed by atoms with Gasteiger partial charge in [-0.1, -0.05) is 30.3 Å². The average molecular weight is 368 g/mol. The Morgan fingerprint density at radius 2 is 1.81 bits per heavy atom. The van der Waals surface area contributed by atoms with Crippen LogP contribution in [0.15, 0.2) is 39.9 Å². The molecule has 0 atom stereocenters. The highest BCUT2D eigenvalue weighted by atomic mass is 16.2. The lowest BCUT2D eigenvalue weighted by atomic mass is 10.2. The van der Waals surface area contributed by atoms with Gasteiger partial charge < -0.3 is 10.2 Å². The van der Waals surface area contributed by atoms with Crippen LogP contribution in [-0.4, -0.2) is 44.9 Å². The monoisotopic (exact) mass is 368 g/mol. The van der Waals surface area contributed by atoms with E-state index in [1.165, 1.54) is 11.6 Å². The predicted octanol–water partition coefficient (Wildman–Crippen LogP) is 0.282. The Bertz CT molecular complexity index is 1070. The minimum absolute atomic E-state index is 0.310. The van der Waals surface area contributed by atoms with Crippen molar-refractivity contribution in [3.8, 4) is 0 Å². The van der Waals surface area contributed by atoms with E-state index >= 15 is 0 Å². The van der Waals surface area contributed by atoms with Crippen LogP contribution in [0.25, 0.3) is 11.2 Å². The zero-order valence-corrected chi connectivity index (χ0v) is 15.7.